The average molecular weight is 349 g/mol. The summed E-state index contributed by atoms with van der Waals surface area (Å²) < 4.78 is 11.2. The molecule has 3 aliphatic rings. The Bertz CT molecular complexity index is 846. The number of hydrogen-bond donors (Lipinski definition) is 1. The van der Waals surface area contributed by atoms with Crippen molar-refractivity contribution >= 4 is 17.6 Å². The van der Waals surface area contributed by atoms with E-state index < -0.39 is 0 Å². The monoisotopic (exact) mass is 349 g/mol. The SMILES string of the molecule is O=C(Nc1ccc(Oc2ccccc2)cc1)[C@H]1[C@H]2C[C@@H]3[C@@H]1C(=O)O[C@@H]3C2. The topological polar surface area (TPSA) is 64.6 Å². The fraction of sp³-hybridized carbons (Fsp3) is 0.333. The van der Waals surface area contributed by atoms with Gasteiger partial charge < -0.3 is 14.8 Å². The molecule has 5 atom stereocenters. The zero-order chi connectivity index (χ0) is 17.7. The summed E-state index contributed by atoms with van der Waals surface area (Å²) in [6.45, 7) is 0. The quantitative estimate of drug-likeness (QED) is 0.857. The Kier molecular flexibility index (Phi) is 3.48. The van der Waals surface area contributed by atoms with E-state index in [4.69, 9.17) is 9.47 Å². The highest BCUT2D eigenvalue weighted by Crippen LogP contribution is 2.57. The van der Waals surface area contributed by atoms with Gasteiger partial charge in [-0.1, -0.05) is 18.2 Å². The first kappa shape index (κ1) is 15.4. The van der Waals surface area contributed by atoms with Crippen molar-refractivity contribution in [1.82, 2.24) is 0 Å². The van der Waals surface area contributed by atoms with Gasteiger partial charge in [-0.15, -0.1) is 0 Å². The van der Waals surface area contributed by atoms with Gasteiger partial charge in [0, 0.05) is 11.6 Å². The van der Waals surface area contributed by atoms with Crippen molar-refractivity contribution in [2.24, 2.45) is 23.7 Å². The molecule has 132 valence electrons. The minimum atomic E-state index is -0.258. The lowest BCUT2D eigenvalue weighted by molar-refractivity contribution is -0.145. The molecule has 1 aliphatic heterocycles. The lowest BCUT2D eigenvalue weighted by atomic mass is 9.79. The van der Waals surface area contributed by atoms with E-state index in [0.717, 1.165) is 18.6 Å². The Hall–Kier alpha value is -2.82. The number of esters is 1. The van der Waals surface area contributed by atoms with E-state index in [-0.39, 0.29) is 41.7 Å². The largest absolute Gasteiger partial charge is 0.462 e. The van der Waals surface area contributed by atoms with Crippen LogP contribution in [0.1, 0.15) is 12.8 Å². The van der Waals surface area contributed by atoms with E-state index in [1.165, 1.54) is 0 Å². The number of rotatable bonds is 4. The minimum Gasteiger partial charge on any atom is -0.462 e. The van der Waals surface area contributed by atoms with Crippen molar-refractivity contribution in [3.63, 3.8) is 0 Å². The molecule has 5 heteroatoms. The summed E-state index contributed by atoms with van der Waals surface area (Å²) in [5, 5.41) is 2.96. The van der Waals surface area contributed by atoms with Crippen LogP contribution in [0.15, 0.2) is 54.6 Å². The van der Waals surface area contributed by atoms with Gasteiger partial charge in [0.15, 0.2) is 0 Å². The standard InChI is InChI=1S/C21H19NO4/c23-20(18-12-10-16-17(11-12)26-21(24)19(16)18)22-13-6-8-15(9-7-13)25-14-4-2-1-3-5-14/h1-9,12,16-19H,10-11H2,(H,22,23)/t12-,16-,17+,18-,19-/m0/s1. The number of fused-ring (bicyclic) bond motifs is 1. The predicted molar refractivity (Wildman–Crippen MR) is 94.7 cm³/mol. The second kappa shape index (κ2) is 5.87. The third kappa shape index (κ3) is 2.46. The Morgan fingerprint density at radius 3 is 2.50 bits per heavy atom. The van der Waals surface area contributed by atoms with Crippen molar-refractivity contribution < 1.29 is 19.1 Å². The maximum absolute atomic E-state index is 12.8. The molecular weight excluding hydrogens is 330 g/mol. The Balaban J connectivity index is 1.27. The highest BCUT2D eigenvalue weighted by molar-refractivity contribution is 5.97. The van der Waals surface area contributed by atoms with Crippen LogP contribution in [0.4, 0.5) is 5.69 Å². The molecule has 5 rings (SSSR count). The van der Waals surface area contributed by atoms with E-state index in [2.05, 4.69) is 5.32 Å². The third-order valence-electron chi connectivity index (χ3n) is 5.89. The van der Waals surface area contributed by atoms with Crippen molar-refractivity contribution in [3.8, 4) is 11.5 Å². The Morgan fingerprint density at radius 1 is 1.00 bits per heavy atom. The summed E-state index contributed by atoms with van der Waals surface area (Å²) in [5.74, 6) is 1.21. The van der Waals surface area contributed by atoms with Gasteiger partial charge in [-0.25, -0.2) is 0 Å². The van der Waals surface area contributed by atoms with E-state index in [0.29, 0.717) is 11.4 Å². The Morgan fingerprint density at radius 2 is 1.73 bits per heavy atom. The summed E-state index contributed by atoms with van der Waals surface area (Å²) in [4.78, 5) is 24.8. The molecule has 3 fully saturated rings. The number of para-hydroxylation sites is 1. The number of nitrogens with one attached hydrogen (secondary N) is 1. The minimum absolute atomic E-state index is 0.0518. The molecule has 2 saturated carbocycles. The molecule has 0 radical (unpaired) electrons. The molecule has 0 unspecified atom stereocenters. The van der Waals surface area contributed by atoms with Crippen molar-refractivity contribution in [3.05, 3.63) is 54.6 Å². The second-order valence-corrected chi connectivity index (χ2v) is 7.35. The number of amides is 1. The lowest BCUT2D eigenvalue weighted by Crippen LogP contribution is -2.35. The molecule has 1 N–H and O–H groups in total. The summed E-state index contributed by atoms with van der Waals surface area (Å²) in [6.07, 6.45) is 1.81. The summed E-state index contributed by atoms with van der Waals surface area (Å²) in [6, 6.07) is 16.8. The summed E-state index contributed by atoms with van der Waals surface area (Å²) in [5.41, 5.74) is 0.709. The smallest absolute Gasteiger partial charge is 0.310 e. The van der Waals surface area contributed by atoms with Gasteiger partial charge in [0.1, 0.15) is 17.6 Å². The van der Waals surface area contributed by atoms with Crippen molar-refractivity contribution in [2.75, 3.05) is 5.32 Å². The molecule has 2 aromatic carbocycles. The van der Waals surface area contributed by atoms with Gasteiger partial charge in [0.05, 0.1) is 11.8 Å². The van der Waals surface area contributed by atoms with Crippen LogP contribution in [0.5, 0.6) is 11.5 Å². The fourth-order valence-corrected chi connectivity index (χ4v) is 4.82. The number of hydrogen-bond acceptors (Lipinski definition) is 4. The molecule has 1 saturated heterocycles. The van der Waals surface area contributed by atoms with Crippen LogP contribution in [0.25, 0.3) is 0 Å². The maximum Gasteiger partial charge on any atom is 0.310 e. The number of benzene rings is 2. The molecule has 1 heterocycles. The Labute approximate surface area is 151 Å². The molecule has 0 spiro atoms. The van der Waals surface area contributed by atoms with Gasteiger partial charge in [0.2, 0.25) is 5.91 Å². The molecule has 2 aromatic rings. The van der Waals surface area contributed by atoms with E-state index in [1.807, 2.05) is 54.6 Å². The van der Waals surface area contributed by atoms with Crippen LogP contribution in [-0.2, 0) is 14.3 Å². The van der Waals surface area contributed by atoms with Crippen LogP contribution >= 0.6 is 0 Å². The summed E-state index contributed by atoms with van der Waals surface area (Å²) >= 11 is 0. The molecule has 1 amide bonds. The lowest BCUT2D eigenvalue weighted by Gasteiger charge is -2.23. The van der Waals surface area contributed by atoms with Crippen molar-refractivity contribution in [2.45, 2.75) is 18.9 Å². The van der Waals surface area contributed by atoms with Crippen LogP contribution in [-0.4, -0.2) is 18.0 Å². The number of ether oxygens (including phenoxy) is 2. The maximum atomic E-state index is 12.8. The van der Waals surface area contributed by atoms with Gasteiger partial charge in [-0.3, -0.25) is 9.59 Å². The molecule has 26 heavy (non-hydrogen) atoms. The normalized spacial score (nSPS) is 30.9. The van der Waals surface area contributed by atoms with E-state index in [9.17, 15) is 9.59 Å². The average Bonchev–Trinajstić information content (AvgIpc) is 3.26. The zero-order valence-corrected chi connectivity index (χ0v) is 14.1. The van der Waals surface area contributed by atoms with Crippen molar-refractivity contribution in [1.29, 1.82) is 0 Å². The second-order valence-electron chi connectivity index (χ2n) is 7.35. The predicted octanol–water partition coefficient (Wildman–Crippen LogP) is 3.62. The highest BCUT2D eigenvalue weighted by atomic mass is 16.6. The first-order chi connectivity index (χ1) is 12.7. The van der Waals surface area contributed by atoms with Crippen LogP contribution in [0.3, 0.4) is 0 Å². The molecule has 0 aromatic heterocycles. The number of anilines is 1. The molecular formula is C21H19NO4. The highest BCUT2D eigenvalue weighted by Gasteiger charge is 2.63. The van der Waals surface area contributed by atoms with Gasteiger partial charge in [-0.2, -0.15) is 0 Å². The van der Waals surface area contributed by atoms with Gasteiger partial charge >= 0.3 is 5.97 Å². The zero-order valence-electron chi connectivity index (χ0n) is 14.1. The van der Waals surface area contributed by atoms with E-state index in [1.54, 1.807) is 0 Å². The molecule has 2 bridgehead atoms. The van der Waals surface area contributed by atoms with Gasteiger partial charge in [-0.05, 0) is 55.2 Å². The van der Waals surface area contributed by atoms with Crippen LogP contribution in [0, 0.1) is 23.7 Å². The number of carbonyl (C=O) groups is 2. The third-order valence-corrected chi connectivity index (χ3v) is 5.89. The van der Waals surface area contributed by atoms with Crippen LogP contribution in [0.2, 0.25) is 0 Å². The number of carbonyl (C=O) groups excluding carboxylic acids is 2. The summed E-state index contributed by atoms with van der Waals surface area (Å²) in [7, 11) is 0. The van der Waals surface area contributed by atoms with Crippen LogP contribution < -0.4 is 10.1 Å². The fourth-order valence-electron chi connectivity index (χ4n) is 4.82. The van der Waals surface area contributed by atoms with Gasteiger partial charge in [0.25, 0.3) is 0 Å². The van der Waals surface area contributed by atoms with E-state index >= 15 is 0 Å². The molecule has 2 aliphatic carbocycles. The molecule has 5 nitrogen and oxygen atoms in total. The first-order valence-corrected chi connectivity index (χ1v) is 9.03. The first-order valence-electron chi connectivity index (χ1n) is 9.03.